The summed E-state index contributed by atoms with van der Waals surface area (Å²) in [6.07, 6.45) is 0. The van der Waals surface area contributed by atoms with Crippen molar-refractivity contribution in [1.82, 2.24) is 4.98 Å². The van der Waals surface area contributed by atoms with Gasteiger partial charge in [-0.1, -0.05) is 12.1 Å². The number of esters is 1. The van der Waals surface area contributed by atoms with Crippen LogP contribution in [0.1, 0.15) is 21.5 Å². The molecule has 4 nitrogen and oxygen atoms in total. The zero-order chi connectivity index (χ0) is 13.3. The molecule has 1 aromatic carbocycles. The quantitative estimate of drug-likeness (QED) is 0.825. The van der Waals surface area contributed by atoms with E-state index < -0.39 is 0 Å². The van der Waals surface area contributed by atoms with E-state index in [4.69, 9.17) is 4.74 Å². The van der Waals surface area contributed by atoms with Gasteiger partial charge in [0, 0.05) is 12.4 Å². The highest BCUT2D eigenvalue weighted by Crippen LogP contribution is 2.27. The zero-order valence-electron chi connectivity index (χ0n) is 11.0. The number of hydrogen-bond acceptors (Lipinski definition) is 4. The Bertz CT molecular complexity index is 621. The first-order valence-corrected chi connectivity index (χ1v) is 5.75. The van der Waals surface area contributed by atoms with Gasteiger partial charge in [-0.3, -0.25) is 0 Å². The van der Waals surface area contributed by atoms with Crippen LogP contribution in [0.4, 0.5) is 5.82 Å². The fourth-order valence-corrected chi connectivity index (χ4v) is 2.04. The van der Waals surface area contributed by atoms with Crippen LogP contribution in [0.15, 0.2) is 18.2 Å². The normalized spacial score (nSPS) is 10.4. The molecule has 1 N–H and O–H groups in total. The number of fused-ring (bicyclic) bond motifs is 1. The summed E-state index contributed by atoms with van der Waals surface area (Å²) in [5.41, 5.74) is 3.44. The minimum Gasteiger partial charge on any atom is -0.465 e. The van der Waals surface area contributed by atoms with Crippen molar-refractivity contribution < 1.29 is 9.53 Å². The van der Waals surface area contributed by atoms with Crippen LogP contribution in [0.5, 0.6) is 0 Å². The summed E-state index contributed by atoms with van der Waals surface area (Å²) >= 11 is 0. The molecule has 0 spiro atoms. The first-order valence-electron chi connectivity index (χ1n) is 5.75. The molecule has 0 bridgehead atoms. The number of rotatable bonds is 2. The highest BCUT2D eigenvalue weighted by molar-refractivity contribution is 6.06. The van der Waals surface area contributed by atoms with Crippen LogP contribution in [0.3, 0.4) is 0 Å². The Hall–Kier alpha value is -2.10. The lowest BCUT2D eigenvalue weighted by molar-refractivity contribution is 0.0603. The maximum Gasteiger partial charge on any atom is 0.338 e. The molecular weight excluding hydrogens is 228 g/mol. The van der Waals surface area contributed by atoms with Gasteiger partial charge >= 0.3 is 5.97 Å². The molecule has 4 heteroatoms. The highest BCUT2D eigenvalue weighted by atomic mass is 16.5. The minimum absolute atomic E-state index is 0.340. The summed E-state index contributed by atoms with van der Waals surface area (Å²) in [6, 6.07) is 5.72. The van der Waals surface area contributed by atoms with Crippen LogP contribution >= 0.6 is 0 Å². The maximum absolute atomic E-state index is 11.9. The number of aromatic nitrogens is 1. The number of pyridine rings is 1. The molecule has 0 aliphatic carbocycles. The second-order valence-corrected chi connectivity index (χ2v) is 4.22. The Morgan fingerprint density at radius 2 is 1.94 bits per heavy atom. The second kappa shape index (κ2) is 4.64. The summed E-state index contributed by atoms with van der Waals surface area (Å²) < 4.78 is 4.84. The molecule has 1 heterocycles. The molecule has 0 saturated heterocycles. The second-order valence-electron chi connectivity index (χ2n) is 4.22. The van der Waals surface area contributed by atoms with E-state index in [2.05, 4.69) is 10.3 Å². The van der Waals surface area contributed by atoms with Gasteiger partial charge in [-0.2, -0.15) is 0 Å². The van der Waals surface area contributed by atoms with Crippen molar-refractivity contribution in [3.63, 3.8) is 0 Å². The summed E-state index contributed by atoms with van der Waals surface area (Å²) in [7, 11) is 3.17. The minimum atomic E-state index is -0.340. The fraction of sp³-hybridized carbons (Fsp3) is 0.286. The monoisotopic (exact) mass is 244 g/mol. The first-order chi connectivity index (χ1) is 8.58. The van der Waals surface area contributed by atoms with Crippen molar-refractivity contribution >= 4 is 22.7 Å². The number of carbonyl (C=O) groups excluding carboxylic acids is 1. The van der Waals surface area contributed by atoms with Gasteiger partial charge < -0.3 is 10.1 Å². The first kappa shape index (κ1) is 12.4. The number of ether oxygens (including phenoxy) is 1. The van der Waals surface area contributed by atoms with Crippen molar-refractivity contribution in [2.45, 2.75) is 13.8 Å². The zero-order valence-corrected chi connectivity index (χ0v) is 11.0. The van der Waals surface area contributed by atoms with E-state index in [1.165, 1.54) is 7.11 Å². The van der Waals surface area contributed by atoms with E-state index in [9.17, 15) is 4.79 Å². The smallest absolute Gasteiger partial charge is 0.338 e. The van der Waals surface area contributed by atoms with Gasteiger partial charge in [0.2, 0.25) is 0 Å². The molecule has 2 aromatic rings. The third-order valence-corrected chi connectivity index (χ3v) is 3.03. The van der Waals surface area contributed by atoms with E-state index in [1.54, 1.807) is 13.1 Å². The number of hydrogen-bond donors (Lipinski definition) is 1. The van der Waals surface area contributed by atoms with Gasteiger partial charge in [0.25, 0.3) is 0 Å². The highest BCUT2D eigenvalue weighted by Gasteiger charge is 2.15. The molecule has 0 atom stereocenters. The van der Waals surface area contributed by atoms with Gasteiger partial charge in [0.1, 0.15) is 5.82 Å². The van der Waals surface area contributed by atoms with Crippen LogP contribution < -0.4 is 5.32 Å². The van der Waals surface area contributed by atoms with E-state index in [1.807, 2.05) is 26.0 Å². The number of nitrogens with one attached hydrogen (secondary N) is 1. The van der Waals surface area contributed by atoms with E-state index in [-0.39, 0.29) is 5.97 Å². The van der Waals surface area contributed by atoms with Gasteiger partial charge in [-0.25, -0.2) is 9.78 Å². The average Bonchev–Trinajstić information content (AvgIpc) is 2.40. The topological polar surface area (TPSA) is 51.2 Å². The molecular formula is C14H16N2O2. The Balaban J connectivity index is 2.89. The molecule has 2 rings (SSSR count). The molecule has 0 unspecified atom stereocenters. The van der Waals surface area contributed by atoms with Gasteiger partial charge in [-0.15, -0.1) is 0 Å². The molecule has 0 aliphatic rings. The molecule has 94 valence electrons. The standard InChI is InChI=1S/C14H16N2O2/c1-8-5-6-9(2)13-12(8)10(14(17)18-4)7-11(15-3)16-13/h5-7H,1-4H3,(H,15,16). The van der Waals surface area contributed by atoms with Crippen molar-refractivity contribution in [3.8, 4) is 0 Å². The lowest BCUT2D eigenvalue weighted by Gasteiger charge is -2.11. The van der Waals surface area contributed by atoms with Crippen molar-refractivity contribution in [2.24, 2.45) is 0 Å². The predicted octanol–water partition coefficient (Wildman–Crippen LogP) is 2.68. The number of methoxy groups -OCH3 is 1. The SMILES string of the molecule is CNc1cc(C(=O)OC)c2c(C)ccc(C)c2n1. The lowest BCUT2D eigenvalue weighted by Crippen LogP contribution is -2.06. The number of aryl methyl sites for hydroxylation is 2. The molecule has 0 amide bonds. The van der Waals surface area contributed by atoms with Crippen LogP contribution in [-0.2, 0) is 4.74 Å². The van der Waals surface area contributed by atoms with Crippen LogP contribution in [0.25, 0.3) is 10.9 Å². The summed E-state index contributed by atoms with van der Waals surface area (Å²) in [6.45, 7) is 3.95. The third kappa shape index (κ3) is 1.90. The third-order valence-electron chi connectivity index (χ3n) is 3.03. The largest absolute Gasteiger partial charge is 0.465 e. The van der Waals surface area contributed by atoms with Crippen molar-refractivity contribution in [3.05, 3.63) is 34.9 Å². The van der Waals surface area contributed by atoms with Gasteiger partial charge in [0.15, 0.2) is 0 Å². The van der Waals surface area contributed by atoms with Gasteiger partial charge in [0.05, 0.1) is 18.2 Å². The molecule has 0 aliphatic heterocycles. The fourth-order valence-electron chi connectivity index (χ4n) is 2.04. The molecule has 0 fully saturated rings. The van der Waals surface area contributed by atoms with E-state index in [0.717, 1.165) is 22.0 Å². The molecule has 18 heavy (non-hydrogen) atoms. The molecule has 1 aromatic heterocycles. The number of nitrogens with zero attached hydrogens (tertiary/aromatic N) is 1. The summed E-state index contributed by atoms with van der Waals surface area (Å²) in [5.74, 6) is 0.323. The Morgan fingerprint density at radius 1 is 1.28 bits per heavy atom. The number of carbonyl (C=O) groups is 1. The Labute approximate surface area is 106 Å². The van der Waals surface area contributed by atoms with Crippen LogP contribution in [0.2, 0.25) is 0 Å². The van der Waals surface area contributed by atoms with E-state index in [0.29, 0.717) is 11.4 Å². The van der Waals surface area contributed by atoms with Crippen molar-refractivity contribution in [1.29, 1.82) is 0 Å². The average molecular weight is 244 g/mol. The van der Waals surface area contributed by atoms with Crippen molar-refractivity contribution in [2.75, 3.05) is 19.5 Å². The maximum atomic E-state index is 11.9. The van der Waals surface area contributed by atoms with E-state index >= 15 is 0 Å². The molecule has 0 saturated carbocycles. The number of anilines is 1. The Kier molecular flexibility index (Phi) is 3.19. The van der Waals surface area contributed by atoms with Crippen LogP contribution in [0, 0.1) is 13.8 Å². The van der Waals surface area contributed by atoms with Gasteiger partial charge in [-0.05, 0) is 31.0 Å². The number of benzene rings is 1. The molecule has 0 radical (unpaired) electrons. The van der Waals surface area contributed by atoms with Crippen LogP contribution in [-0.4, -0.2) is 25.1 Å². The predicted molar refractivity (Wildman–Crippen MR) is 72.1 cm³/mol. The summed E-state index contributed by atoms with van der Waals surface area (Å²) in [5, 5.41) is 3.83. The lowest BCUT2D eigenvalue weighted by atomic mass is 10.0. The Morgan fingerprint density at radius 3 is 2.56 bits per heavy atom. The summed E-state index contributed by atoms with van der Waals surface area (Å²) in [4.78, 5) is 16.4.